The van der Waals surface area contributed by atoms with Gasteiger partial charge in [-0.15, -0.1) is 0 Å². The highest BCUT2D eigenvalue weighted by Crippen LogP contribution is 2.20. The molecule has 1 aromatic carbocycles. The van der Waals surface area contributed by atoms with Crippen molar-refractivity contribution in [3.05, 3.63) is 90.1 Å². The number of amides is 2. The van der Waals surface area contributed by atoms with E-state index in [4.69, 9.17) is 4.42 Å². The zero-order chi connectivity index (χ0) is 18.9. The maximum absolute atomic E-state index is 12.4. The lowest BCUT2D eigenvalue weighted by Gasteiger charge is -2.19. The van der Waals surface area contributed by atoms with E-state index in [0.29, 0.717) is 19.4 Å². The molecular weight excluding hydrogens is 342 g/mol. The molecule has 3 aromatic rings. The molecule has 0 aliphatic carbocycles. The van der Waals surface area contributed by atoms with Gasteiger partial charge in [-0.1, -0.05) is 36.4 Å². The van der Waals surface area contributed by atoms with E-state index in [9.17, 15) is 9.59 Å². The summed E-state index contributed by atoms with van der Waals surface area (Å²) < 4.78 is 5.03. The van der Waals surface area contributed by atoms with Crippen molar-refractivity contribution >= 4 is 11.8 Å². The number of hydrogen-bond donors (Lipinski definition) is 2. The van der Waals surface area contributed by atoms with Gasteiger partial charge in [0.15, 0.2) is 5.76 Å². The maximum Gasteiger partial charge on any atom is 0.286 e. The van der Waals surface area contributed by atoms with Gasteiger partial charge in [0.2, 0.25) is 5.91 Å². The van der Waals surface area contributed by atoms with Crippen LogP contribution in [-0.2, 0) is 4.79 Å². The molecule has 0 aliphatic rings. The van der Waals surface area contributed by atoms with Crippen molar-refractivity contribution in [1.29, 1.82) is 0 Å². The highest BCUT2D eigenvalue weighted by molar-refractivity contribution is 5.91. The highest BCUT2D eigenvalue weighted by Gasteiger charge is 2.17. The second kappa shape index (κ2) is 9.33. The van der Waals surface area contributed by atoms with Crippen LogP contribution in [0.25, 0.3) is 0 Å². The predicted octanol–water partition coefficient (Wildman–Crippen LogP) is 3.09. The summed E-state index contributed by atoms with van der Waals surface area (Å²) in [6.07, 6.45) is 3.99. The Hall–Kier alpha value is -3.41. The van der Waals surface area contributed by atoms with E-state index in [1.54, 1.807) is 18.3 Å². The summed E-state index contributed by atoms with van der Waals surface area (Å²) in [7, 11) is 0. The van der Waals surface area contributed by atoms with Crippen LogP contribution in [0.3, 0.4) is 0 Å². The first kappa shape index (κ1) is 18.4. The van der Waals surface area contributed by atoms with Crippen LogP contribution in [0.4, 0.5) is 0 Å². The van der Waals surface area contributed by atoms with E-state index in [-0.39, 0.29) is 23.6 Å². The summed E-state index contributed by atoms with van der Waals surface area (Å²) in [5, 5.41) is 5.76. The molecular formula is C21H21N3O3. The second-order valence-electron chi connectivity index (χ2n) is 6.00. The number of carbonyl (C=O) groups is 2. The van der Waals surface area contributed by atoms with Gasteiger partial charge in [0.05, 0.1) is 18.0 Å². The van der Waals surface area contributed by atoms with Crippen LogP contribution in [0.2, 0.25) is 0 Å². The lowest BCUT2D eigenvalue weighted by Crippen LogP contribution is -2.31. The van der Waals surface area contributed by atoms with Gasteiger partial charge in [-0.3, -0.25) is 14.6 Å². The molecule has 6 nitrogen and oxygen atoms in total. The Kier molecular flexibility index (Phi) is 6.35. The van der Waals surface area contributed by atoms with Crippen LogP contribution in [-0.4, -0.2) is 23.3 Å². The molecule has 0 saturated carbocycles. The minimum absolute atomic E-state index is 0.0956. The minimum Gasteiger partial charge on any atom is -0.459 e. The highest BCUT2D eigenvalue weighted by atomic mass is 16.3. The van der Waals surface area contributed by atoms with Crippen LogP contribution >= 0.6 is 0 Å². The predicted molar refractivity (Wildman–Crippen MR) is 101 cm³/mol. The Morgan fingerprint density at radius 3 is 2.52 bits per heavy atom. The Balaban J connectivity index is 1.53. The Morgan fingerprint density at radius 2 is 1.81 bits per heavy atom. The molecule has 2 heterocycles. The monoisotopic (exact) mass is 363 g/mol. The first-order chi connectivity index (χ1) is 13.2. The third-order valence-corrected chi connectivity index (χ3v) is 4.03. The van der Waals surface area contributed by atoms with Crippen molar-refractivity contribution in [2.75, 3.05) is 6.54 Å². The molecule has 0 saturated heterocycles. The van der Waals surface area contributed by atoms with E-state index >= 15 is 0 Å². The van der Waals surface area contributed by atoms with Crippen molar-refractivity contribution in [2.24, 2.45) is 0 Å². The molecule has 1 unspecified atom stereocenters. The fourth-order valence-electron chi connectivity index (χ4n) is 2.70. The summed E-state index contributed by atoms with van der Waals surface area (Å²) >= 11 is 0. The number of rotatable bonds is 8. The number of carbonyl (C=O) groups excluding carboxylic acids is 2. The lowest BCUT2D eigenvalue weighted by molar-refractivity contribution is -0.121. The van der Waals surface area contributed by atoms with Crippen LogP contribution in [0.1, 0.15) is 40.7 Å². The molecule has 2 aromatic heterocycles. The van der Waals surface area contributed by atoms with Crippen LogP contribution in [0.15, 0.2) is 77.5 Å². The molecule has 0 bridgehead atoms. The average Bonchev–Trinajstić information content (AvgIpc) is 3.25. The number of hydrogen-bond acceptors (Lipinski definition) is 4. The SMILES string of the molecule is O=C(CCCNC(=O)c1ccco1)NC(c1ccccc1)c1ccccn1. The quantitative estimate of drug-likeness (QED) is 0.603. The average molecular weight is 363 g/mol. The van der Waals surface area contributed by atoms with Crippen molar-refractivity contribution in [3.63, 3.8) is 0 Å². The van der Waals surface area contributed by atoms with Crippen molar-refractivity contribution in [2.45, 2.75) is 18.9 Å². The standard InChI is InChI=1S/C21H21N3O3/c25-19(12-6-14-23-21(26)18-11-7-15-27-18)24-20(16-8-2-1-3-9-16)17-10-4-5-13-22-17/h1-5,7-11,13,15,20H,6,12,14H2,(H,23,26)(H,24,25). The zero-order valence-electron chi connectivity index (χ0n) is 14.8. The van der Waals surface area contributed by atoms with Gasteiger partial charge in [0.1, 0.15) is 0 Å². The van der Waals surface area contributed by atoms with Gasteiger partial charge in [0, 0.05) is 19.2 Å². The smallest absolute Gasteiger partial charge is 0.286 e. The normalized spacial score (nSPS) is 11.6. The molecule has 6 heteroatoms. The number of nitrogens with one attached hydrogen (secondary N) is 2. The van der Waals surface area contributed by atoms with E-state index in [2.05, 4.69) is 15.6 Å². The van der Waals surface area contributed by atoms with Crippen LogP contribution < -0.4 is 10.6 Å². The lowest BCUT2D eigenvalue weighted by atomic mass is 10.0. The first-order valence-electron chi connectivity index (χ1n) is 8.81. The summed E-state index contributed by atoms with van der Waals surface area (Å²) in [5.41, 5.74) is 1.75. The first-order valence-corrected chi connectivity index (χ1v) is 8.81. The summed E-state index contributed by atoms with van der Waals surface area (Å²) in [5.74, 6) is -0.114. The number of furan rings is 1. The number of pyridine rings is 1. The Labute approximate surface area is 157 Å². The summed E-state index contributed by atoms with van der Waals surface area (Å²) in [6.45, 7) is 0.395. The number of benzene rings is 1. The maximum atomic E-state index is 12.4. The molecule has 3 rings (SSSR count). The number of aromatic nitrogens is 1. The van der Waals surface area contributed by atoms with E-state index < -0.39 is 0 Å². The fourth-order valence-corrected chi connectivity index (χ4v) is 2.70. The molecule has 27 heavy (non-hydrogen) atoms. The molecule has 0 aliphatic heterocycles. The van der Waals surface area contributed by atoms with Crippen LogP contribution in [0.5, 0.6) is 0 Å². The van der Waals surface area contributed by atoms with E-state index in [1.165, 1.54) is 6.26 Å². The third kappa shape index (κ3) is 5.28. The Morgan fingerprint density at radius 1 is 1.00 bits per heavy atom. The van der Waals surface area contributed by atoms with Gasteiger partial charge < -0.3 is 15.1 Å². The molecule has 1 atom stereocenters. The molecule has 0 spiro atoms. The minimum atomic E-state index is -0.308. The number of nitrogens with zero attached hydrogens (tertiary/aromatic N) is 1. The van der Waals surface area contributed by atoms with E-state index in [1.807, 2.05) is 48.5 Å². The molecule has 138 valence electrons. The molecule has 0 radical (unpaired) electrons. The van der Waals surface area contributed by atoms with Gasteiger partial charge in [-0.05, 0) is 36.2 Å². The van der Waals surface area contributed by atoms with Gasteiger partial charge in [-0.25, -0.2) is 0 Å². The molecule has 2 amide bonds. The van der Waals surface area contributed by atoms with Crippen LogP contribution in [0, 0.1) is 0 Å². The van der Waals surface area contributed by atoms with Gasteiger partial charge in [-0.2, -0.15) is 0 Å². The fraction of sp³-hybridized carbons (Fsp3) is 0.190. The molecule has 0 fully saturated rings. The third-order valence-electron chi connectivity index (χ3n) is 4.03. The second-order valence-corrected chi connectivity index (χ2v) is 6.00. The zero-order valence-corrected chi connectivity index (χ0v) is 14.8. The summed E-state index contributed by atoms with van der Waals surface area (Å²) in [4.78, 5) is 28.6. The van der Waals surface area contributed by atoms with E-state index in [0.717, 1.165) is 11.3 Å². The Bertz CT molecular complexity index is 809. The largest absolute Gasteiger partial charge is 0.459 e. The molecule has 2 N–H and O–H groups in total. The van der Waals surface area contributed by atoms with Gasteiger partial charge >= 0.3 is 0 Å². The topological polar surface area (TPSA) is 84.2 Å². The van der Waals surface area contributed by atoms with Gasteiger partial charge in [0.25, 0.3) is 5.91 Å². The van der Waals surface area contributed by atoms with Crippen molar-refractivity contribution < 1.29 is 14.0 Å². The van der Waals surface area contributed by atoms with Crippen molar-refractivity contribution in [3.8, 4) is 0 Å². The van der Waals surface area contributed by atoms with Crippen molar-refractivity contribution in [1.82, 2.24) is 15.6 Å². The summed E-state index contributed by atoms with van der Waals surface area (Å²) in [6, 6.07) is 18.3.